The van der Waals surface area contributed by atoms with Crippen molar-refractivity contribution in [3.63, 3.8) is 0 Å². The van der Waals surface area contributed by atoms with Crippen molar-refractivity contribution in [2.24, 2.45) is 5.92 Å². The highest BCUT2D eigenvalue weighted by atomic mass is 16.2. The zero-order valence-corrected chi connectivity index (χ0v) is 14.1. The quantitative estimate of drug-likeness (QED) is 0.913. The summed E-state index contributed by atoms with van der Waals surface area (Å²) in [6.07, 6.45) is 4.97. The van der Waals surface area contributed by atoms with Gasteiger partial charge in [-0.1, -0.05) is 43.3 Å². The van der Waals surface area contributed by atoms with Gasteiger partial charge in [0.1, 0.15) is 0 Å². The van der Waals surface area contributed by atoms with E-state index in [2.05, 4.69) is 42.4 Å². The van der Waals surface area contributed by atoms with Crippen LogP contribution in [0.15, 0.2) is 42.5 Å². The van der Waals surface area contributed by atoms with Crippen LogP contribution < -0.4 is 5.32 Å². The third-order valence-corrected chi connectivity index (χ3v) is 5.07. The summed E-state index contributed by atoms with van der Waals surface area (Å²) in [4.78, 5) is 14.6. The van der Waals surface area contributed by atoms with E-state index < -0.39 is 0 Å². The number of nitrogens with one attached hydrogen (secondary N) is 1. The molecule has 1 aliphatic carbocycles. The fourth-order valence-electron chi connectivity index (χ4n) is 3.56. The number of anilines is 1. The minimum atomic E-state index is 0.0717. The zero-order valence-electron chi connectivity index (χ0n) is 14.1. The molecule has 3 heteroatoms. The number of nitrogens with zero attached hydrogens (tertiary/aromatic N) is 1. The molecule has 1 fully saturated rings. The molecule has 1 saturated carbocycles. The Morgan fingerprint density at radius 3 is 2.57 bits per heavy atom. The first kappa shape index (κ1) is 16.0. The predicted molar refractivity (Wildman–Crippen MR) is 96.6 cm³/mol. The van der Waals surface area contributed by atoms with Crippen LogP contribution in [0.2, 0.25) is 0 Å². The number of likely N-dealkylation sites (N-methyl/N-ethyl adjacent to an activating group) is 1. The summed E-state index contributed by atoms with van der Waals surface area (Å²) >= 11 is 0. The second-order valence-corrected chi connectivity index (χ2v) is 6.90. The van der Waals surface area contributed by atoms with Gasteiger partial charge in [0.15, 0.2) is 0 Å². The Labute approximate surface area is 138 Å². The molecule has 0 radical (unpaired) electrons. The van der Waals surface area contributed by atoms with Crippen molar-refractivity contribution in [2.45, 2.75) is 38.6 Å². The molecule has 1 aliphatic rings. The minimum absolute atomic E-state index is 0.0717. The molecule has 3 nitrogen and oxygen atoms in total. The van der Waals surface area contributed by atoms with Crippen LogP contribution >= 0.6 is 0 Å². The molecule has 0 saturated heterocycles. The molecule has 2 aromatic carbocycles. The first-order valence-corrected chi connectivity index (χ1v) is 8.61. The van der Waals surface area contributed by atoms with Crippen LogP contribution in [0, 0.1) is 5.92 Å². The van der Waals surface area contributed by atoms with Crippen LogP contribution in [0.25, 0.3) is 10.8 Å². The number of rotatable bonds is 4. The van der Waals surface area contributed by atoms with Gasteiger partial charge in [0.25, 0.3) is 0 Å². The normalized spacial score (nSPS) is 21.5. The molecule has 0 aliphatic heterocycles. The van der Waals surface area contributed by atoms with Crippen LogP contribution in [-0.2, 0) is 4.79 Å². The maximum atomic E-state index is 12.4. The summed E-state index contributed by atoms with van der Waals surface area (Å²) < 4.78 is 0. The molecule has 122 valence electrons. The lowest BCUT2D eigenvalue weighted by molar-refractivity contribution is -0.117. The van der Waals surface area contributed by atoms with E-state index in [1.165, 1.54) is 25.7 Å². The van der Waals surface area contributed by atoms with E-state index in [0.29, 0.717) is 12.6 Å². The summed E-state index contributed by atoms with van der Waals surface area (Å²) in [6, 6.07) is 14.7. The number of hydrogen-bond donors (Lipinski definition) is 1. The van der Waals surface area contributed by atoms with Crippen molar-refractivity contribution in [2.75, 3.05) is 18.9 Å². The molecule has 0 spiro atoms. The number of carbonyl (C=O) groups excluding carboxylic acids is 1. The van der Waals surface area contributed by atoms with Crippen molar-refractivity contribution in [1.29, 1.82) is 0 Å². The van der Waals surface area contributed by atoms with Crippen LogP contribution in [0.5, 0.6) is 0 Å². The number of carbonyl (C=O) groups is 1. The van der Waals surface area contributed by atoms with E-state index in [4.69, 9.17) is 0 Å². The molecule has 0 bridgehead atoms. The fourth-order valence-corrected chi connectivity index (χ4v) is 3.56. The smallest absolute Gasteiger partial charge is 0.238 e. The van der Waals surface area contributed by atoms with E-state index in [0.717, 1.165) is 22.4 Å². The molecule has 2 aromatic rings. The molecule has 3 rings (SSSR count). The molecule has 1 amide bonds. The van der Waals surface area contributed by atoms with Crippen LogP contribution in [0.4, 0.5) is 5.69 Å². The highest BCUT2D eigenvalue weighted by Crippen LogP contribution is 2.27. The molecule has 0 atom stereocenters. The zero-order chi connectivity index (χ0) is 16.2. The fraction of sp³-hybridized carbons (Fsp3) is 0.450. The SMILES string of the molecule is CC1CCC(N(C)CC(=O)Nc2cccc3ccccc23)CC1. The molecule has 1 N–H and O–H groups in total. The van der Waals surface area contributed by atoms with Crippen molar-refractivity contribution in [3.05, 3.63) is 42.5 Å². The topological polar surface area (TPSA) is 32.3 Å². The molecule has 0 aromatic heterocycles. The van der Waals surface area contributed by atoms with Crippen LogP contribution in [-0.4, -0.2) is 30.4 Å². The summed E-state index contributed by atoms with van der Waals surface area (Å²) in [6.45, 7) is 2.78. The Balaban J connectivity index is 1.62. The molecule has 23 heavy (non-hydrogen) atoms. The van der Waals surface area contributed by atoms with Gasteiger partial charge in [0, 0.05) is 17.1 Å². The largest absolute Gasteiger partial charge is 0.324 e. The van der Waals surface area contributed by atoms with E-state index in [-0.39, 0.29) is 5.91 Å². The summed E-state index contributed by atoms with van der Waals surface area (Å²) in [5, 5.41) is 5.33. The van der Waals surface area contributed by atoms with E-state index >= 15 is 0 Å². The molecular formula is C20H26N2O. The van der Waals surface area contributed by atoms with Crippen molar-refractivity contribution in [1.82, 2.24) is 4.90 Å². The van der Waals surface area contributed by atoms with Crippen molar-refractivity contribution in [3.8, 4) is 0 Å². The Bertz CT molecular complexity index is 669. The van der Waals surface area contributed by atoms with Crippen molar-refractivity contribution < 1.29 is 4.79 Å². The van der Waals surface area contributed by atoms with E-state index in [1.54, 1.807) is 0 Å². The highest BCUT2D eigenvalue weighted by Gasteiger charge is 2.23. The lowest BCUT2D eigenvalue weighted by Gasteiger charge is -2.33. The number of amides is 1. The highest BCUT2D eigenvalue weighted by molar-refractivity contribution is 6.02. The average Bonchev–Trinajstić information content (AvgIpc) is 2.55. The van der Waals surface area contributed by atoms with Gasteiger partial charge in [-0.2, -0.15) is 0 Å². The van der Waals surface area contributed by atoms with Gasteiger partial charge in [0.2, 0.25) is 5.91 Å². The Morgan fingerprint density at radius 2 is 1.78 bits per heavy atom. The van der Waals surface area contributed by atoms with E-state index in [1.807, 2.05) is 24.3 Å². The lowest BCUT2D eigenvalue weighted by atomic mass is 9.87. The number of benzene rings is 2. The average molecular weight is 310 g/mol. The monoisotopic (exact) mass is 310 g/mol. The molecule has 0 unspecified atom stereocenters. The standard InChI is InChI=1S/C20H26N2O/c1-15-10-12-17(13-11-15)22(2)14-20(23)21-19-9-5-7-16-6-3-4-8-18(16)19/h3-9,15,17H,10-14H2,1-2H3,(H,21,23). The van der Waals surface area contributed by atoms with Gasteiger partial charge in [0.05, 0.1) is 6.54 Å². The Hall–Kier alpha value is -1.87. The Kier molecular flexibility index (Phi) is 4.97. The first-order chi connectivity index (χ1) is 11.1. The van der Waals surface area contributed by atoms with Crippen molar-refractivity contribution >= 4 is 22.4 Å². The maximum absolute atomic E-state index is 12.4. The second-order valence-electron chi connectivity index (χ2n) is 6.90. The second kappa shape index (κ2) is 7.14. The van der Waals surface area contributed by atoms with E-state index in [9.17, 15) is 4.79 Å². The van der Waals surface area contributed by atoms with Crippen LogP contribution in [0.1, 0.15) is 32.6 Å². The molecule has 0 heterocycles. The molecular weight excluding hydrogens is 284 g/mol. The van der Waals surface area contributed by atoms with Gasteiger partial charge < -0.3 is 5.32 Å². The van der Waals surface area contributed by atoms with Gasteiger partial charge in [-0.3, -0.25) is 9.69 Å². The maximum Gasteiger partial charge on any atom is 0.238 e. The lowest BCUT2D eigenvalue weighted by Crippen LogP contribution is -2.39. The van der Waals surface area contributed by atoms with Gasteiger partial charge in [-0.15, -0.1) is 0 Å². The third kappa shape index (κ3) is 3.91. The van der Waals surface area contributed by atoms with Gasteiger partial charge >= 0.3 is 0 Å². The van der Waals surface area contributed by atoms with Gasteiger partial charge in [-0.25, -0.2) is 0 Å². The third-order valence-electron chi connectivity index (χ3n) is 5.07. The first-order valence-electron chi connectivity index (χ1n) is 8.61. The Morgan fingerprint density at radius 1 is 1.09 bits per heavy atom. The number of fused-ring (bicyclic) bond motifs is 1. The minimum Gasteiger partial charge on any atom is -0.324 e. The van der Waals surface area contributed by atoms with Gasteiger partial charge in [-0.05, 0) is 50.1 Å². The van der Waals surface area contributed by atoms with Crippen LogP contribution in [0.3, 0.4) is 0 Å². The summed E-state index contributed by atoms with van der Waals surface area (Å²) in [7, 11) is 2.07. The summed E-state index contributed by atoms with van der Waals surface area (Å²) in [5.41, 5.74) is 0.902. The number of hydrogen-bond acceptors (Lipinski definition) is 2. The predicted octanol–water partition coefficient (Wildman–Crippen LogP) is 4.29. The summed E-state index contributed by atoms with van der Waals surface area (Å²) in [5.74, 6) is 0.909.